The molecule has 28 heavy (non-hydrogen) atoms. The maximum atomic E-state index is 12.2. The first-order valence-electron chi connectivity index (χ1n) is 9.00. The van der Waals surface area contributed by atoms with E-state index in [4.69, 9.17) is 4.74 Å². The molecule has 2 aromatic carbocycles. The molecule has 2 aromatic rings. The van der Waals surface area contributed by atoms with E-state index in [2.05, 4.69) is 5.32 Å². The highest BCUT2D eigenvalue weighted by Crippen LogP contribution is 2.19. The number of para-hydroxylation sites is 1. The van der Waals surface area contributed by atoms with Crippen LogP contribution >= 0.6 is 0 Å². The SMILES string of the molecule is CCc1ccccc1NC(=O)CN(C)C[C@@H](O)COc1cccc([N+](=O)[O-])c1. The summed E-state index contributed by atoms with van der Waals surface area (Å²) in [6, 6.07) is 13.4. The van der Waals surface area contributed by atoms with Crippen molar-refractivity contribution in [3.05, 3.63) is 64.2 Å². The van der Waals surface area contributed by atoms with Gasteiger partial charge in [0.15, 0.2) is 0 Å². The third-order valence-electron chi connectivity index (χ3n) is 4.08. The van der Waals surface area contributed by atoms with Gasteiger partial charge in [0.1, 0.15) is 18.5 Å². The summed E-state index contributed by atoms with van der Waals surface area (Å²) in [7, 11) is 1.72. The molecule has 0 bridgehead atoms. The zero-order chi connectivity index (χ0) is 20.5. The Kier molecular flexibility index (Phi) is 7.91. The van der Waals surface area contributed by atoms with Crippen LogP contribution in [0.1, 0.15) is 12.5 Å². The second-order valence-electron chi connectivity index (χ2n) is 6.47. The van der Waals surface area contributed by atoms with Crippen LogP contribution in [-0.2, 0) is 11.2 Å². The number of aryl methyl sites for hydroxylation is 1. The molecule has 1 atom stereocenters. The molecule has 0 spiro atoms. The van der Waals surface area contributed by atoms with E-state index in [9.17, 15) is 20.0 Å². The number of amides is 1. The fourth-order valence-corrected chi connectivity index (χ4v) is 2.74. The highest BCUT2D eigenvalue weighted by atomic mass is 16.6. The van der Waals surface area contributed by atoms with Crippen LogP contribution < -0.4 is 10.1 Å². The van der Waals surface area contributed by atoms with E-state index in [0.717, 1.165) is 17.7 Å². The number of carbonyl (C=O) groups excluding carboxylic acids is 1. The molecule has 150 valence electrons. The molecule has 0 fully saturated rings. The number of aliphatic hydroxyl groups excluding tert-OH is 1. The van der Waals surface area contributed by atoms with Crippen molar-refractivity contribution >= 4 is 17.3 Å². The van der Waals surface area contributed by atoms with Crippen LogP contribution in [0.2, 0.25) is 0 Å². The van der Waals surface area contributed by atoms with Crippen molar-refractivity contribution in [2.24, 2.45) is 0 Å². The number of nitro groups is 1. The van der Waals surface area contributed by atoms with Crippen LogP contribution in [0.4, 0.5) is 11.4 Å². The molecule has 0 aliphatic heterocycles. The third-order valence-corrected chi connectivity index (χ3v) is 4.08. The predicted octanol–water partition coefficient (Wildman–Crippen LogP) is 2.47. The first-order valence-corrected chi connectivity index (χ1v) is 9.00. The normalized spacial score (nSPS) is 11.9. The van der Waals surface area contributed by atoms with Crippen molar-refractivity contribution < 1.29 is 19.6 Å². The van der Waals surface area contributed by atoms with E-state index in [-0.39, 0.29) is 31.3 Å². The van der Waals surface area contributed by atoms with Gasteiger partial charge in [-0.2, -0.15) is 0 Å². The average molecular weight is 387 g/mol. The molecule has 1 amide bonds. The van der Waals surface area contributed by atoms with Crippen LogP contribution in [-0.4, -0.2) is 53.7 Å². The Hall–Kier alpha value is -2.97. The van der Waals surface area contributed by atoms with Gasteiger partial charge in [-0.05, 0) is 31.2 Å². The van der Waals surface area contributed by atoms with Crippen LogP contribution in [0.3, 0.4) is 0 Å². The number of non-ortho nitro benzene ring substituents is 1. The Bertz CT molecular complexity index is 812. The molecule has 0 aliphatic rings. The molecule has 8 nitrogen and oxygen atoms in total. The first-order chi connectivity index (χ1) is 13.4. The van der Waals surface area contributed by atoms with Crippen molar-refractivity contribution in [2.75, 3.05) is 32.1 Å². The van der Waals surface area contributed by atoms with Crippen molar-refractivity contribution in [3.8, 4) is 5.75 Å². The lowest BCUT2D eigenvalue weighted by Gasteiger charge is -2.20. The van der Waals surface area contributed by atoms with Gasteiger partial charge < -0.3 is 15.2 Å². The number of nitro benzene ring substituents is 1. The topological polar surface area (TPSA) is 105 Å². The molecule has 0 aromatic heterocycles. The summed E-state index contributed by atoms with van der Waals surface area (Å²) in [6.07, 6.45) is -0.0278. The molecule has 8 heteroatoms. The molecule has 0 radical (unpaired) electrons. The fraction of sp³-hybridized carbons (Fsp3) is 0.350. The van der Waals surface area contributed by atoms with Gasteiger partial charge in [0.05, 0.1) is 17.5 Å². The smallest absolute Gasteiger partial charge is 0.273 e. The number of nitrogens with one attached hydrogen (secondary N) is 1. The standard InChI is InChI=1S/C20H25N3O5/c1-3-15-7-4-5-10-19(15)21-20(25)13-22(2)12-17(24)14-28-18-9-6-8-16(11-18)23(26)27/h4-11,17,24H,3,12-14H2,1-2H3,(H,21,25)/t17-/m1/s1. The summed E-state index contributed by atoms with van der Waals surface area (Å²) >= 11 is 0. The van der Waals surface area contributed by atoms with Crippen molar-refractivity contribution in [1.82, 2.24) is 4.90 Å². The third kappa shape index (κ3) is 6.64. The molecule has 2 N–H and O–H groups in total. The van der Waals surface area contributed by atoms with E-state index < -0.39 is 11.0 Å². The van der Waals surface area contributed by atoms with Gasteiger partial charge in [-0.25, -0.2) is 0 Å². The first kappa shape index (κ1) is 21.3. The highest BCUT2D eigenvalue weighted by Gasteiger charge is 2.14. The summed E-state index contributed by atoms with van der Waals surface area (Å²) in [6.45, 7) is 2.32. The number of carbonyl (C=O) groups is 1. The van der Waals surface area contributed by atoms with Gasteiger partial charge in [0.2, 0.25) is 5.91 Å². The van der Waals surface area contributed by atoms with Gasteiger partial charge in [-0.15, -0.1) is 0 Å². The van der Waals surface area contributed by atoms with Gasteiger partial charge in [0, 0.05) is 18.3 Å². The van der Waals surface area contributed by atoms with Crippen molar-refractivity contribution in [3.63, 3.8) is 0 Å². The largest absolute Gasteiger partial charge is 0.491 e. The van der Waals surface area contributed by atoms with E-state index in [1.54, 1.807) is 18.0 Å². The van der Waals surface area contributed by atoms with Gasteiger partial charge in [-0.3, -0.25) is 19.8 Å². The Morgan fingerprint density at radius 2 is 2.04 bits per heavy atom. The summed E-state index contributed by atoms with van der Waals surface area (Å²) in [4.78, 5) is 24.2. The number of anilines is 1. The minimum absolute atomic E-state index is 0.0359. The quantitative estimate of drug-likeness (QED) is 0.479. The monoisotopic (exact) mass is 387 g/mol. The van der Waals surface area contributed by atoms with E-state index in [1.807, 2.05) is 31.2 Å². The number of rotatable bonds is 10. The summed E-state index contributed by atoms with van der Waals surface area (Å²) in [5.74, 6) is 0.139. The average Bonchev–Trinajstić information content (AvgIpc) is 2.66. The number of ether oxygens (including phenoxy) is 1. The van der Waals surface area contributed by atoms with E-state index in [0.29, 0.717) is 5.75 Å². The summed E-state index contributed by atoms with van der Waals surface area (Å²) in [5.41, 5.74) is 1.77. The minimum atomic E-state index is -0.847. The predicted molar refractivity (Wildman–Crippen MR) is 107 cm³/mol. The Balaban J connectivity index is 1.78. The van der Waals surface area contributed by atoms with Gasteiger partial charge in [0.25, 0.3) is 5.69 Å². The van der Waals surface area contributed by atoms with Gasteiger partial charge in [-0.1, -0.05) is 31.2 Å². The van der Waals surface area contributed by atoms with Crippen LogP contribution in [0.25, 0.3) is 0 Å². The van der Waals surface area contributed by atoms with E-state index >= 15 is 0 Å². The fourth-order valence-electron chi connectivity index (χ4n) is 2.74. The van der Waals surface area contributed by atoms with Crippen LogP contribution in [0, 0.1) is 10.1 Å². The van der Waals surface area contributed by atoms with E-state index in [1.165, 1.54) is 18.2 Å². The Labute approximate surface area is 163 Å². The number of nitrogens with zero attached hydrogens (tertiary/aromatic N) is 2. The summed E-state index contributed by atoms with van der Waals surface area (Å²) < 4.78 is 5.41. The lowest BCUT2D eigenvalue weighted by molar-refractivity contribution is -0.384. The second kappa shape index (κ2) is 10.4. The molecule has 0 saturated heterocycles. The number of aliphatic hydroxyl groups is 1. The Morgan fingerprint density at radius 3 is 2.75 bits per heavy atom. The van der Waals surface area contributed by atoms with Crippen LogP contribution in [0.5, 0.6) is 5.75 Å². The lowest BCUT2D eigenvalue weighted by Crippen LogP contribution is -2.37. The maximum Gasteiger partial charge on any atom is 0.273 e. The maximum absolute atomic E-state index is 12.2. The van der Waals surface area contributed by atoms with Gasteiger partial charge >= 0.3 is 0 Å². The number of hydrogen-bond donors (Lipinski definition) is 2. The second-order valence-corrected chi connectivity index (χ2v) is 6.47. The number of hydrogen-bond acceptors (Lipinski definition) is 6. The molecule has 0 heterocycles. The summed E-state index contributed by atoms with van der Waals surface area (Å²) in [5, 5.41) is 23.8. The molecule has 0 saturated carbocycles. The van der Waals surface area contributed by atoms with Crippen molar-refractivity contribution in [1.29, 1.82) is 0 Å². The minimum Gasteiger partial charge on any atom is -0.491 e. The highest BCUT2D eigenvalue weighted by molar-refractivity contribution is 5.92. The number of benzene rings is 2. The van der Waals surface area contributed by atoms with Crippen LogP contribution in [0.15, 0.2) is 48.5 Å². The molecule has 0 unspecified atom stereocenters. The lowest BCUT2D eigenvalue weighted by atomic mass is 10.1. The molecular weight excluding hydrogens is 362 g/mol. The molecule has 0 aliphatic carbocycles. The zero-order valence-corrected chi connectivity index (χ0v) is 16.0. The molecule has 2 rings (SSSR count). The Morgan fingerprint density at radius 1 is 1.29 bits per heavy atom. The van der Waals surface area contributed by atoms with Crippen molar-refractivity contribution in [2.45, 2.75) is 19.4 Å². The molecular formula is C20H25N3O5. The zero-order valence-electron chi connectivity index (χ0n) is 16.0. The number of likely N-dealkylation sites (N-methyl/N-ethyl adjacent to an activating group) is 1.